The van der Waals surface area contributed by atoms with Crippen molar-refractivity contribution in [3.05, 3.63) is 33.3 Å². The number of rotatable bonds is 5. The van der Waals surface area contributed by atoms with Crippen molar-refractivity contribution in [3.8, 4) is 0 Å². The van der Waals surface area contributed by atoms with Gasteiger partial charge in [-0.2, -0.15) is 10.2 Å². The highest BCUT2D eigenvalue weighted by Gasteiger charge is 2.47. The number of hydrogen-bond donors (Lipinski definition) is 2. The number of hydrogen-bond acceptors (Lipinski definition) is 4. The first kappa shape index (κ1) is 18.6. The summed E-state index contributed by atoms with van der Waals surface area (Å²) in [6.45, 7) is 4.71. The number of aryl methyl sites for hydroxylation is 1. The van der Waals surface area contributed by atoms with Gasteiger partial charge in [-0.15, -0.1) is 0 Å². The molecule has 0 bridgehead atoms. The lowest BCUT2D eigenvalue weighted by Gasteiger charge is -2.28. The van der Waals surface area contributed by atoms with Crippen LogP contribution in [-0.4, -0.2) is 42.3 Å². The molecule has 0 radical (unpaired) electrons. The smallest absolute Gasteiger partial charge is 0.332 e. The summed E-state index contributed by atoms with van der Waals surface area (Å²) in [5.41, 5.74) is 3.17. The van der Waals surface area contributed by atoms with Crippen molar-refractivity contribution < 1.29 is 4.79 Å². The van der Waals surface area contributed by atoms with Gasteiger partial charge in [0.05, 0.1) is 18.2 Å². The third-order valence-electron chi connectivity index (χ3n) is 6.97. The van der Waals surface area contributed by atoms with Crippen molar-refractivity contribution in [3.63, 3.8) is 0 Å². The molecule has 2 fully saturated rings. The number of H-pyrrole nitrogens is 2. The van der Waals surface area contributed by atoms with Crippen molar-refractivity contribution in [2.75, 3.05) is 6.54 Å². The molecule has 156 valence electrons. The van der Waals surface area contributed by atoms with E-state index in [9.17, 15) is 9.59 Å². The van der Waals surface area contributed by atoms with Crippen LogP contribution in [0.5, 0.6) is 0 Å². The molecule has 2 unspecified atom stereocenters. The molecule has 1 saturated heterocycles. The molecule has 1 aliphatic heterocycles. The van der Waals surface area contributed by atoms with Gasteiger partial charge in [0, 0.05) is 18.3 Å². The number of nitrogens with one attached hydrogen (secondary N) is 2. The molecule has 5 rings (SSSR count). The monoisotopic (exact) mass is 398 g/mol. The second kappa shape index (κ2) is 7.15. The molecular weight excluding hydrogens is 368 g/mol. The zero-order valence-corrected chi connectivity index (χ0v) is 17.3. The SMILES string of the molecule is CC(C)n1c(C2C(C3CC3)CCN2C(=O)Cc2n[nH]c3c2CCCC3)n[nH]c1=O. The summed E-state index contributed by atoms with van der Waals surface area (Å²) in [5.74, 6) is 1.85. The van der Waals surface area contributed by atoms with Crippen LogP contribution in [0.2, 0.25) is 0 Å². The van der Waals surface area contributed by atoms with Crippen molar-refractivity contribution in [1.29, 1.82) is 0 Å². The summed E-state index contributed by atoms with van der Waals surface area (Å²) in [4.78, 5) is 27.7. The first-order chi connectivity index (χ1) is 14.0. The lowest BCUT2D eigenvalue weighted by atomic mass is 9.93. The van der Waals surface area contributed by atoms with Gasteiger partial charge in [0.1, 0.15) is 0 Å². The molecule has 1 saturated carbocycles. The molecule has 2 atom stereocenters. The third kappa shape index (κ3) is 3.22. The van der Waals surface area contributed by atoms with Crippen LogP contribution < -0.4 is 5.69 Å². The Morgan fingerprint density at radius 1 is 1.14 bits per heavy atom. The number of carbonyl (C=O) groups is 1. The lowest BCUT2D eigenvalue weighted by Crippen LogP contribution is -2.36. The Bertz CT molecular complexity index is 966. The molecule has 8 nitrogen and oxygen atoms in total. The minimum absolute atomic E-state index is 0.00650. The number of likely N-dealkylation sites (tertiary alicyclic amines) is 1. The van der Waals surface area contributed by atoms with Crippen molar-refractivity contribution >= 4 is 5.91 Å². The van der Waals surface area contributed by atoms with E-state index in [1.54, 1.807) is 4.57 Å². The molecule has 0 aromatic carbocycles. The van der Waals surface area contributed by atoms with E-state index in [1.807, 2.05) is 18.7 Å². The summed E-state index contributed by atoms with van der Waals surface area (Å²) in [7, 11) is 0. The number of carbonyl (C=O) groups excluding carboxylic acids is 1. The zero-order valence-electron chi connectivity index (χ0n) is 17.3. The van der Waals surface area contributed by atoms with Crippen molar-refractivity contribution in [2.45, 2.75) is 77.3 Å². The van der Waals surface area contributed by atoms with E-state index in [2.05, 4.69) is 20.4 Å². The maximum atomic E-state index is 13.4. The van der Waals surface area contributed by atoms with E-state index in [0.717, 1.165) is 43.7 Å². The van der Waals surface area contributed by atoms with E-state index in [4.69, 9.17) is 0 Å². The van der Waals surface area contributed by atoms with Gasteiger partial charge >= 0.3 is 5.69 Å². The highest BCUT2D eigenvalue weighted by molar-refractivity contribution is 5.79. The maximum Gasteiger partial charge on any atom is 0.343 e. The Morgan fingerprint density at radius 3 is 2.69 bits per heavy atom. The number of aromatic nitrogens is 5. The molecule has 3 aliphatic rings. The quantitative estimate of drug-likeness (QED) is 0.807. The van der Waals surface area contributed by atoms with Crippen LogP contribution in [0.1, 0.15) is 80.8 Å². The molecular formula is C21H30N6O2. The number of nitrogens with zero attached hydrogens (tertiary/aromatic N) is 4. The van der Waals surface area contributed by atoms with Gasteiger partial charge < -0.3 is 4.90 Å². The molecule has 2 N–H and O–H groups in total. The maximum absolute atomic E-state index is 13.4. The van der Waals surface area contributed by atoms with E-state index >= 15 is 0 Å². The fourth-order valence-electron chi connectivity index (χ4n) is 5.41. The normalized spacial score (nSPS) is 24.3. The molecule has 2 aromatic rings. The standard InChI is InChI=1S/C21H30N6O2/c1-12(2)27-20(24-25-21(27)29)19-14(13-7-8-13)9-10-26(19)18(28)11-17-15-5-3-4-6-16(15)22-23-17/h12-14,19H,3-11H2,1-2H3,(H,22,23)(H,25,29). The highest BCUT2D eigenvalue weighted by Crippen LogP contribution is 2.50. The highest BCUT2D eigenvalue weighted by atomic mass is 16.2. The Kier molecular flexibility index (Phi) is 4.59. The van der Waals surface area contributed by atoms with Gasteiger partial charge in [0.25, 0.3) is 0 Å². The number of amides is 1. The predicted octanol–water partition coefficient (Wildman–Crippen LogP) is 2.30. The average molecular weight is 399 g/mol. The summed E-state index contributed by atoms with van der Waals surface area (Å²) in [6.07, 6.45) is 8.13. The molecule has 1 amide bonds. The Labute approximate surface area is 170 Å². The fraction of sp³-hybridized carbons (Fsp3) is 0.714. The van der Waals surface area contributed by atoms with Gasteiger partial charge in [-0.1, -0.05) is 0 Å². The minimum atomic E-state index is -0.190. The lowest BCUT2D eigenvalue weighted by molar-refractivity contribution is -0.132. The molecule has 29 heavy (non-hydrogen) atoms. The second-order valence-electron chi connectivity index (χ2n) is 9.18. The van der Waals surface area contributed by atoms with E-state index in [-0.39, 0.29) is 23.7 Å². The van der Waals surface area contributed by atoms with E-state index in [0.29, 0.717) is 18.3 Å². The first-order valence-electron chi connectivity index (χ1n) is 11.1. The van der Waals surface area contributed by atoms with Crippen LogP contribution in [0.25, 0.3) is 0 Å². The van der Waals surface area contributed by atoms with Gasteiger partial charge in [-0.3, -0.25) is 14.5 Å². The first-order valence-corrected chi connectivity index (χ1v) is 11.1. The molecule has 0 spiro atoms. The van der Waals surface area contributed by atoms with Crippen molar-refractivity contribution in [2.24, 2.45) is 11.8 Å². The van der Waals surface area contributed by atoms with Crippen molar-refractivity contribution in [1.82, 2.24) is 29.9 Å². The van der Waals surface area contributed by atoms with Gasteiger partial charge in [-0.25, -0.2) is 9.89 Å². The van der Waals surface area contributed by atoms with E-state index < -0.39 is 0 Å². The Morgan fingerprint density at radius 2 is 1.93 bits per heavy atom. The fourth-order valence-corrected chi connectivity index (χ4v) is 5.41. The summed E-state index contributed by atoms with van der Waals surface area (Å²) in [6, 6.07) is -0.113. The average Bonchev–Trinajstić information content (AvgIpc) is 3.15. The van der Waals surface area contributed by atoms with Gasteiger partial charge in [0.15, 0.2) is 5.82 Å². The van der Waals surface area contributed by atoms with Crippen LogP contribution in [0.3, 0.4) is 0 Å². The molecule has 3 heterocycles. The second-order valence-corrected chi connectivity index (χ2v) is 9.18. The largest absolute Gasteiger partial charge is 0.343 e. The third-order valence-corrected chi connectivity index (χ3v) is 6.97. The molecule has 2 aromatic heterocycles. The van der Waals surface area contributed by atoms with Gasteiger partial charge in [-0.05, 0) is 76.2 Å². The van der Waals surface area contributed by atoms with E-state index in [1.165, 1.54) is 30.5 Å². The predicted molar refractivity (Wildman–Crippen MR) is 107 cm³/mol. The van der Waals surface area contributed by atoms with Crippen LogP contribution in [-0.2, 0) is 24.1 Å². The number of fused-ring (bicyclic) bond motifs is 1. The topological polar surface area (TPSA) is 99.7 Å². The molecule has 2 aliphatic carbocycles. The van der Waals surface area contributed by atoms with Crippen LogP contribution in [0.15, 0.2) is 4.79 Å². The van der Waals surface area contributed by atoms with Crippen LogP contribution in [0, 0.1) is 11.8 Å². The number of aromatic amines is 2. The Hall–Kier alpha value is -2.38. The molecule has 8 heteroatoms. The van der Waals surface area contributed by atoms with Gasteiger partial charge in [0.2, 0.25) is 5.91 Å². The minimum Gasteiger partial charge on any atom is -0.332 e. The zero-order chi connectivity index (χ0) is 20.1. The Balaban J connectivity index is 1.45. The van der Waals surface area contributed by atoms with Crippen LogP contribution >= 0.6 is 0 Å². The summed E-state index contributed by atoms with van der Waals surface area (Å²) >= 11 is 0. The summed E-state index contributed by atoms with van der Waals surface area (Å²) < 4.78 is 1.72. The summed E-state index contributed by atoms with van der Waals surface area (Å²) in [5, 5.41) is 14.6. The van der Waals surface area contributed by atoms with Crippen LogP contribution in [0.4, 0.5) is 0 Å².